The van der Waals surface area contributed by atoms with Gasteiger partial charge < -0.3 is 5.73 Å². The third-order valence-electron chi connectivity index (χ3n) is 5.29. The average Bonchev–Trinajstić information content (AvgIpc) is 2.92. The van der Waals surface area contributed by atoms with Crippen molar-refractivity contribution in [2.45, 2.75) is 38.3 Å². The zero-order valence-electron chi connectivity index (χ0n) is 12.4. The van der Waals surface area contributed by atoms with Gasteiger partial charge in [0, 0.05) is 37.3 Å². The van der Waals surface area contributed by atoms with Crippen molar-refractivity contribution in [1.29, 1.82) is 0 Å². The number of rotatable bonds is 3. The van der Waals surface area contributed by atoms with Gasteiger partial charge in [-0.1, -0.05) is 18.6 Å². The third-order valence-corrected chi connectivity index (χ3v) is 5.29. The van der Waals surface area contributed by atoms with E-state index in [1.807, 2.05) is 6.07 Å². The largest absolute Gasteiger partial charge is 0.327 e. The number of nitro benzene ring substituents is 1. The van der Waals surface area contributed by atoms with Crippen LogP contribution in [-0.2, 0) is 0 Å². The molecule has 21 heavy (non-hydrogen) atoms. The second kappa shape index (κ2) is 5.73. The summed E-state index contributed by atoms with van der Waals surface area (Å²) in [4.78, 5) is 13.0. The van der Waals surface area contributed by atoms with Gasteiger partial charge in [-0.2, -0.15) is 0 Å². The predicted molar refractivity (Wildman–Crippen MR) is 81.9 cm³/mol. The number of non-ortho nitro benzene ring substituents is 1. The fourth-order valence-corrected chi connectivity index (χ4v) is 3.98. The van der Waals surface area contributed by atoms with E-state index in [0.717, 1.165) is 25.1 Å². The molecule has 5 nitrogen and oxygen atoms in total. The van der Waals surface area contributed by atoms with Crippen LogP contribution in [-0.4, -0.2) is 29.0 Å². The first-order chi connectivity index (χ1) is 10.1. The highest BCUT2D eigenvalue weighted by Crippen LogP contribution is 2.39. The highest BCUT2D eigenvalue weighted by Gasteiger charge is 2.40. The molecule has 1 saturated heterocycles. The molecule has 3 rings (SSSR count). The van der Waals surface area contributed by atoms with Crippen molar-refractivity contribution in [2.75, 3.05) is 13.1 Å². The molecule has 1 aromatic carbocycles. The summed E-state index contributed by atoms with van der Waals surface area (Å²) < 4.78 is 0. The van der Waals surface area contributed by atoms with E-state index in [9.17, 15) is 10.1 Å². The number of nitrogens with zero attached hydrogens (tertiary/aromatic N) is 2. The first-order valence-electron chi connectivity index (χ1n) is 7.80. The summed E-state index contributed by atoms with van der Waals surface area (Å²) in [6, 6.07) is 7.55. The van der Waals surface area contributed by atoms with Crippen molar-refractivity contribution in [3.63, 3.8) is 0 Å². The summed E-state index contributed by atoms with van der Waals surface area (Å²) in [5, 5.41) is 10.9. The molecule has 0 radical (unpaired) electrons. The molecule has 1 aliphatic heterocycles. The minimum Gasteiger partial charge on any atom is -0.327 e. The third kappa shape index (κ3) is 2.80. The van der Waals surface area contributed by atoms with E-state index < -0.39 is 0 Å². The first kappa shape index (κ1) is 14.5. The quantitative estimate of drug-likeness (QED) is 0.686. The molecule has 2 N–H and O–H groups in total. The summed E-state index contributed by atoms with van der Waals surface area (Å²) in [6.07, 6.45) is 3.65. The molecule has 4 unspecified atom stereocenters. The molecule has 0 aromatic heterocycles. The Morgan fingerprint density at radius 3 is 2.90 bits per heavy atom. The zero-order valence-corrected chi connectivity index (χ0v) is 12.4. The Balaban J connectivity index is 1.75. The van der Waals surface area contributed by atoms with Crippen molar-refractivity contribution in [1.82, 2.24) is 4.90 Å². The van der Waals surface area contributed by atoms with Gasteiger partial charge in [-0.15, -0.1) is 0 Å². The standard InChI is InChI=1S/C16H23N3O2/c1-11(12-4-2-6-14(8-12)19(20)21)18-9-13-5-3-7-16(17)15(13)10-18/h2,4,6,8,11,13,15-16H,3,5,7,9-10,17H2,1H3. The minimum atomic E-state index is -0.324. The van der Waals surface area contributed by atoms with Crippen LogP contribution in [0.1, 0.15) is 37.8 Å². The Bertz CT molecular complexity index is 534. The van der Waals surface area contributed by atoms with E-state index >= 15 is 0 Å². The Morgan fingerprint density at radius 2 is 2.19 bits per heavy atom. The molecular formula is C16H23N3O2. The minimum absolute atomic E-state index is 0.174. The predicted octanol–water partition coefficient (Wildman–Crippen LogP) is 2.71. The summed E-state index contributed by atoms with van der Waals surface area (Å²) in [5.74, 6) is 1.30. The monoisotopic (exact) mass is 289 g/mol. The number of nitro groups is 1. The molecule has 1 heterocycles. The fourth-order valence-electron chi connectivity index (χ4n) is 3.98. The second-order valence-corrected chi connectivity index (χ2v) is 6.50. The van der Waals surface area contributed by atoms with Gasteiger partial charge in [0.15, 0.2) is 0 Å². The number of hydrogen-bond acceptors (Lipinski definition) is 4. The van der Waals surface area contributed by atoms with Crippen molar-refractivity contribution >= 4 is 5.69 Å². The van der Waals surface area contributed by atoms with Crippen LogP contribution in [0.4, 0.5) is 5.69 Å². The number of hydrogen-bond donors (Lipinski definition) is 1. The highest BCUT2D eigenvalue weighted by atomic mass is 16.6. The Labute approximate surface area is 125 Å². The van der Waals surface area contributed by atoms with Crippen molar-refractivity contribution < 1.29 is 4.92 Å². The summed E-state index contributed by atoms with van der Waals surface area (Å²) in [7, 11) is 0. The van der Waals surface area contributed by atoms with Crippen LogP contribution in [0.15, 0.2) is 24.3 Å². The Hall–Kier alpha value is -1.46. The van der Waals surface area contributed by atoms with E-state index in [0.29, 0.717) is 17.9 Å². The lowest BCUT2D eigenvalue weighted by Gasteiger charge is -2.30. The molecule has 4 atom stereocenters. The second-order valence-electron chi connectivity index (χ2n) is 6.50. The van der Waals surface area contributed by atoms with Crippen molar-refractivity contribution in [3.05, 3.63) is 39.9 Å². The number of fused-ring (bicyclic) bond motifs is 1. The number of likely N-dealkylation sites (tertiary alicyclic amines) is 1. The van der Waals surface area contributed by atoms with E-state index in [1.165, 1.54) is 12.8 Å². The van der Waals surface area contributed by atoms with Gasteiger partial charge in [0.25, 0.3) is 5.69 Å². The molecule has 1 aliphatic carbocycles. The molecule has 0 bridgehead atoms. The lowest BCUT2D eigenvalue weighted by atomic mass is 9.78. The summed E-state index contributed by atoms with van der Waals surface area (Å²) in [5.41, 5.74) is 7.47. The molecular weight excluding hydrogens is 266 g/mol. The van der Waals surface area contributed by atoms with Gasteiger partial charge in [0.1, 0.15) is 0 Å². The van der Waals surface area contributed by atoms with E-state index in [1.54, 1.807) is 18.2 Å². The van der Waals surface area contributed by atoms with Gasteiger partial charge in [-0.3, -0.25) is 15.0 Å². The maximum atomic E-state index is 10.9. The van der Waals surface area contributed by atoms with Gasteiger partial charge in [0.05, 0.1) is 4.92 Å². The summed E-state index contributed by atoms with van der Waals surface area (Å²) in [6.45, 7) is 4.24. The van der Waals surface area contributed by atoms with E-state index in [4.69, 9.17) is 5.73 Å². The number of benzene rings is 1. The van der Waals surface area contributed by atoms with Gasteiger partial charge >= 0.3 is 0 Å². The first-order valence-corrected chi connectivity index (χ1v) is 7.80. The average molecular weight is 289 g/mol. The van der Waals surface area contributed by atoms with Gasteiger partial charge in [-0.05, 0) is 37.2 Å². The molecule has 1 saturated carbocycles. The van der Waals surface area contributed by atoms with E-state index in [-0.39, 0.29) is 16.7 Å². The summed E-state index contributed by atoms with van der Waals surface area (Å²) >= 11 is 0. The molecule has 1 aromatic rings. The highest BCUT2D eigenvalue weighted by molar-refractivity contribution is 5.35. The maximum Gasteiger partial charge on any atom is 0.269 e. The van der Waals surface area contributed by atoms with Gasteiger partial charge in [-0.25, -0.2) is 0 Å². The Kier molecular flexibility index (Phi) is 3.95. The van der Waals surface area contributed by atoms with Crippen LogP contribution in [0.25, 0.3) is 0 Å². The maximum absolute atomic E-state index is 10.9. The van der Waals surface area contributed by atoms with E-state index in [2.05, 4.69) is 11.8 Å². The SMILES string of the molecule is CC(c1cccc([N+](=O)[O-])c1)N1CC2CCCC(N)C2C1. The molecule has 114 valence electrons. The number of nitrogens with two attached hydrogens (primary N) is 1. The lowest BCUT2D eigenvalue weighted by Crippen LogP contribution is -2.38. The van der Waals surface area contributed by atoms with Crippen LogP contribution < -0.4 is 5.73 Å². The zero-order chi connectivity index (χ0) is 15.0. The lowest BCUT2D eigenvalue weighted by molar-refractivity contribution is -0.384. The Morgan fingerprint density at radius 1 is 1.38 bits per heavy atom. The van der Waals surface area contributed by atoms with Crippen molar-refractivity contribution in [2.24, 2.45) is 17.6 Å². The normalized spacial score (nSPS) is 30.9. The van der Waals surface area contributed by atoms with Crippen molar-refractivity contribution in [3.8, 4) is 0 Å². The van der Waals surface area contributed by atoms with Crippen LogP contribution in [0, 0.1) is 22.0 Å². The van der Waals surface area contributed by atoms with Gasteiger partial charge in [0.2, 0.25) is 0 Å². The smallest absolute Gasteiger partial charge is 0.269 e. The fraction of sp³-hybridized carbons (Fsp3) is 0.625. The molecule has 2 aliphatic rings. The molecule has 0 amide bonds. The van der Waals surface area contributed by atoms with Crippen LogP contribution in [0.3, 0.4) is 0 Å². The van der Waals surface area contributed by atoms with Crippen LogP contribution >= 0.6 is 0 Å². The molecule has 0 spiro atoms. The topological polar surface area (TPSA) is 72.4 Å². The molecule has 5 heteroatoms. The molecule has 2 fully saturated rings. The van der Waals surface area contributed by atoms with Crippen LogP contribution in [0.5, 0.6) is 0 Å². The van der Waals surface area contributed by atoms with Crippen LogP contribution in [0.2, 0.25) is 0 Å².